The van der Waals surface area contributed by atoms with Crippen LogP contribution in [0, 0.1) is 23.2 Å². The van der Waals surface area contributed by atoms with Crippen molar-refractivity contribution in [2.75, 3.05) is 13.1 Å². The molecule has 0 aromatic rings. The molecule has 0 rings (SSSR count). The minimum absolute atomic E-state index is 0.119. The van der Waals surface area contributed by atoms with Crippen LogP contribution in [0.4, 0.5) is 0 Å². The molecule has 3 atom stereocenters. The van der Waals surface area contributed by atoms with E-state index in [9.17, 15) is 9.59 Å². The van der Waals surface area contributed by atoms with Gasteiger partial charge in [-0.15, -0.1) is 0 Å². The Morgan fingerprint density at radius 3 is 1.57 bits per heavy atom. The Morgan fingerprint density at radius 1 is 1.00 bits per heavy atom. The summed E-state index contributed by atoms with van der Waals surface area (Å²) >= 11 is 0. The molecule has 0 saturated carbocycles. The van der Waals surface area contributed by atoms with E-state index in [1.165, 1.54) is 0 Å². The molecule has 0 fully saturated rings. The molecule has 0 bridgehead atoms. The van der Waals surface area contributed by atoms with Gasteiger partial charge in [0, 0.05) is 0 Å². The zero-order chi connectivity index (χ0) is 17.2. The summed E-state index contributed by atoms with van der Waals surface area (Å²) in [6, 6.07) is 0. The summed E-state index contributed by atoms with van der Waals surface area (Å²) in [5.74, 6) is 1.36. The molecule has 126 valence electrons. The first kappa shape index (κ1) is 22.5. The van der Waals surface area contributed by atoms with Crippen LogP contribution in [0.5, 0.6) is 0 Å². The first-order valence-corrected chi connectivity index (χ1v) is 8.18. The summed E-state index contributed by atoms with van der Waals surface area (Å²) in [4.78, 5) is 22.1. The predicted molar refractivity (Wildman–Crippen MR) is 87.4 cm³/mol. The van der Waals surface area contributed by atoms with Crippen molar-refractivity contribution in [3.05, 3.63) is 0 Å². The van der Waals surface area contributed by atoms with Crippen molar-refractivity contribution in [2.24, 2.45) is 23.2 Å². The minimum atomic E-state index is 0.119. The fourth-order valence-corrected chi connectivity index (χ4v) is 2.56. The zero-order valence-electron chi connectivity index (χ0n) is 15.3. The molecule has 0 saturated heterocycles. The van der Waals surface area contributed by atoms with E-state index in [0.29, 0.717) is 5.92 Å². The summed E-state index contributed by atoms with van der Waals surface area (Å²) in [6.45, 7) is 15.4. The van der Waals surface area contributed by atoms with Gasteiger partial charge in [0.25, 0.3) is 0 Å². The van der Waals surface area contributed by atoms with Crippen molar-refractivity contribution < 1.29 is 21.1 Å². The molecule has 4 heteroatoms. The van der Waals surface area contributed by atoms with Crippen molar-refractivity contribution in [2.45, 2.75) is 61.3 Å². The van der Waals surface area contributed by atoms with Crippen molar-refractivity contribution in [3.8, 4) is 0 Å². The van der Waals surface area contributed by atoms with Gasteiger partial charge in [-0.25, -0.2) is 0 Å². The Bertz CT molecular complexity index is 314. The van der Waals surface area contributed by atoms with E-state index in [1.54, 1.807) is 13.8 Å². The fraction of sp³-hybridized carbons (Fsp3) is 0.882. The number of ketones is 2. The lowest BCUT2D eigenvalue weighted by molar-refractivity contribution is -0.381. The average molecular weight is 303 g/mol. The topological polar surface area (TPSA) is 89.4 Å². The molecule has 0 amide bonds. The summed E-state index contributed by atoms with van der Waals surface area (Å²) in [7, 11) is 0. The van der Waals surface area contributed by atoms with Crippen LogP contribution in [0.15, 0.2) is 0 Å². The second kappa shape index (κ2) is 10.9. The maximum absolute atomic E-state index is 11.1. The minimum Gasteiger partial charge on any atom is -0.357 e. The Kier molecular flexibility index (Phi) is 11.7. The SMILES string of the molecule is CCC(C)(C)C(C[NH3+])C(C)=O.CC[C@@H](C)[C@H](C[NH3+])C(C)=O. The third kappa shape index (κ3) is 8.32. The number of hydrogen-bond acceptors (Lipinski definition) is 2. The van der Waals surface area contributed by atoms with Gasteiger partial charge in [0.15, 0.2) is 0 Å². The highest BCUT2D eigenvalue weighted by Gasteiger charge is 2.31. The Balaban J connectivity index is 0. The van der Waals surface area contributed by atoms with Gasteiger partial charge < -0.3 is 11.5 Å². The van der Waals surface area contributed by atoms with Crippen LogP contribution in [0.2, 0.25) is 0 Å². The third-order valence-electron chi connectivity index (χ3n) is 4.80. The highest BCUT2D eigenvalue weighted by molar-refractivity contribution is 5.79. The average Bonchev–Trinajstić information content (AvgIpc) is 2.39. The van der Waals surface area contributed by atoms with Crippen LogP contribution in [0.3, 0.4) is 0 Å². The first-order chi connectivity index (χ1) is 9.58. The van der Waals surface area contributed by atoms with E-state index in [1.807, 2.05) is 0 Å². The molecular weight excluding hydrogens is 264 g/mol. The zero-order valence-corrected chi connectivity index (χ0v) is 15.3. The molecule has 0 aromatic carbocycles. The lowest BCUT2D eigenvalue weighted by atomic mass is 9.75. The van der Waals surface area contributed by atoms with Gasteiger partial charge in [-0.3, -0.25) is 9.59 Å². The predicted octanol–water partition coefficient (Wildman–Crippen LogP) is 1.35. The maximum atomic E-state index is 11.1. The molecule has 0 spiro atoms. The van der Waals surface area contributed by atoms with Crippen LogP contribution in [-0.2, 0) is 9.59 Å². The molecule has 21 heavy (non-hydrogen) atoms. The Hall–Kier alpha value is -0.740. The number of rotatable bonds is 8. The monoisotopic (exact) mass is 302 g/mol. The second-order valence-electron chi connectivity index (χ2n) is 6.69. The quantitative estimate of drug-likeness (QED) is 0.708. The summed E-state index contributed by atoms with van der Waals surface area (Å²) in [6.07, 6.45) is 2.10. The van der Waals surface area contributed by atoms with Crippen molar-refractivity contribution in [1.29, 1.82) is 0 Å². The van der Waals surface area contributed by atoms with Gasteiger partial charge in [0.05, 0.1) is 24.9 Å². The largest absolute Gasteiger partial charge is 0.357 e. The van der Waals surface area contributed by atoms with E-state index in [4.69, 9.17) is 0 Å². The van der Waals surface area contributed by atoms with Crippen LogP contribution >= 0.6 is 0 Å². The lowest BCUT2D eigenvalue weighted by Crippen LogP contribution is -2.58. The fourth-order valence-electron chi connectivity index (χ4n) is 2.56. The van der Waals surface area contributed by atoms with Gasteiger partial charge in [-0.2, -0.15) is 0 Å². The summed E-state index contributed by atoms with van der Waals surface area (Å²) < 4.78 is 0. The molecule has 0 aliphatic rings. The van der Waals surface area contributed by atoms with Gasteiger partial charge >= 0.3 is 0 Å². The van der Waals surface area contributed by atoms with Crippen LogP contribution in [0.25, 0.3) is 0 Å². The molecule has 0 radical (unpaired) electrons. The molecule has 0 heterocycles. The van der Waals surface area contributed by atoms with E-state index >= 15 is 0 Å². The van der Waals surface area contributed by atoms with Crippen LogP contribution in [-0.4, -0.2) is 24.7 Å². The molecule has 0 aliphatic carbocycles. The molecule has 4 nitrogen and oxygen atoms in total. The lowest BCUT2D eigenvalue weighted by Gasteiger charge is -2.28. The number of carbonyl (C=O) groups excluding carboxylic acids is 2. The Morgan fingerprint density at radius 2 is 1.48 bits per heavy atom. The number of hydrogen-bond donors (Lipinski definition) is 2. The standard InChI is InChI=1S/C9H19NO.C8H17NO/c1-5-9(3,4)8(6-10)7(2)11;1-4-6(2)8(5-9)7(3)10/h8H,5-6,10H2,1-4H3;6,8H,4-5,9H2,1-3H3/p+2/t;6-,8+/m.1/s1. The van der Waals surface area contributed by atoms with Crippen molar-refractivity contribution in [1.82, 2.24) is 0 Å². The number of quaternary nitrogens is 2. The molecular formula is C17H38N2O2+2. The third-order valence-corrected chi connectivity index (χ3v) is 4.80. The molecule has 1 unspecified atom stereocenters. The smallest absolute Gasteiger partial charge is 0.139 e. The van der Waals surface area contributed by atoms with Crippen molar-refractivity contribution in [3.63, 3.8) is 0 Å². The van der Waals surface area contributed by atoms with E-state index in [-0.39, 0.29) is 28.8 Å². The van der Waals surface area contributed by atoms with Gasteiger partial charge in [-0.1, -0.05) is 47.5 Å². The van der Waals surface area contributed by atoms with Gasteiger partial charge in [-0.05, 0) is 25.2 Å². The normalized spacial score (nSPS) is 15.5. The number of carbonyl (C=O) groups is 2. The highest BCUT2D eigenvalue weighted by Crippen LogP contribution is 2.29. The van der Waals surface area contributed by atoms with Crippen LogP contribution in [0.1, 0.15) is 61.3 Å². The summed E-state index contributed by atoms with van der Waals surface area (Å²) in [5, 5.41) is 0. The highest BCUT2D eigenvalue weighted by atomic mass is 16.1. The Labute approximate surface area is 131 Å². The van der Waals surface area contributed by atoms with Gasteiger partial charge in [0.2, 0.25) is 0 Å². The van der Waals surface area contributed by atoms with Crippen molar-refractivity contribution >= 4 is 11.6 Å². The molecule has 6 N–H and O–H groups in total. The summed E-state index contributed by atoms with van der Waals surface area (Å²) in [5.41, 5.74) is 7.67. The van der Waals surface area contributed by atoms with E-state index in [2.05, 4.69) is 46.1 Å². The first-order valence-electron chi connectivity index (χ1n) is 8.18. The maximum Gasteiger partial charge on any atom is 0.139 e. The number of Topliss-reactive ketones (excluding diaryl/α,β-unsaturated/α-hetero) is 2. The van der Waals surface area contributed by atoms with E-state index < -0.39 is 0 Å². The molecule has 0 aromatic heterocycles. The van der Waals surface area contributed by atoms with E-state index in [0.717, 1.165) is 25.9 Å². The molecule has 0 aliphatic heterocycles. The van der Waals surface area contributed by atoms with Crippen LogP contribution < -0.4 is 11.5 Å². The second-order valence-corrected chi connectivity index (χ2v) is 6.69. The van der Waals surface area contributed by atoms with Gasteiger partial charge in [0.1, 0.15) is 11.6 Å².